The van der Waals surface area contributed by atoms with Crippen molar-refractivity contribution in [3.8, 4) is 0 Å². The van der Waals surface area contributed by atoms with Gasteiger partial charge in [0.15, 0.2) is 0 Å². The third-order valence-corrected chi connectivity index (χ3v) is 3.56. The van der Waals surface area contributed by atoms with E-state index in [0.717, 1.165) is 32.2 Å². The maximum Gasteiger partial charge on any atom is 0.219 e. The molecule has 0 N–H and O–H groups in total. The second-order valence-electron chi connectivity index (χ2n) is 4.54. The van der Waals surface area contributed by atoms with Gasteiger partial charge >= 0.3 is 0 Å². The number of nitrogens with zero attached hydrogens (tertiary/aromatic N) is 2. The van der Waals surface area contributed by atoms with Gasteiger partial charge in [0.2, 0.25) is 5.91 Å². The maximum absolute atomic E-state index is 11.4. The number of pyridine rings is 1. The van der Waals surface area contributed by atoms with E-state index in [1.165, 1.54) is 5.56 Å². The highest BCUT2D eigenvalue weighted by molar-refractivity contribution is 6.29. The lowest BCUT2D eigenvalue weighted by molar-refractivity contribution is -0.129. The van der Waals surface area contributed by atoms with Crippen LogP contribution in [0.2, 0.25) is 5.15 Å². The molecule has 1 aliphatic rings. The number of rotatable bonds is 3. The number of carbonyl (C=O) groups is 1. The summed E-state index contributed by atoms with van der Waals surface area (Å²) in [7, 11) is 0. The Morgan fingerprint density at radius 1 is 1.59 bits per heavy atom. The summed E-state index contributed by atoms with van der Waals surface area (Å²) in [5, 5.41) is 0.528. The van der Waals surface area contributed by atoms with Gasteiger partial charge in [0.05, 0.1) is 0 Å². The lowest BCUT2D eigenvalue weighted by Crippen LogP contribution is -2.33. The smallest absolute Gasteiger partial charge is 0.219 e. The summed E-state index contributed by atoms with van der Waals surface area (Å²) in [4.78, 5) is 17.5. The van der Waals surface area contributed by atoms with E-state index < -0.39 is 0 Å². The van der Waals surface area contributed by atoms with Gasteiger partial charge in [0.1, 0.15) is 5.15 Å². The molecule has 1 aromatic heterocycles. The standard InChI is InChI=1S/C13H17ClN2O/c1-10(17)16-8-2-3-12(16)6-4-11-5-7-13(14)15-9-11/h5,7,9,12H,2-4,6,8H2,1H3/t12-/m0/s1. The molecule has 1 fully saturated rings. The van der Waals surface area contributed by atoms with Crippen molar-refractivity contribution in [1.82, 2.24) is 9.88 Å². The quantitative estimate of drug-likeness (QED) is 0.775. The third-order valence-electron chi connectivity index (χ3n) is 3.34. The number of aryl methyl sites for hydroxylation is 1. The molecule has 0 saturated carbocycles. The van der Waals surface area contributed by atoms with Gasteiger partial charge in [-0.15, -0.1) is 0 Å². The number of carbonyl (C=O) groups excluding carboxylic acids is 1. The Balaban J connectivity index is 1.89. The van der Waals surface area contributed by atoms with Crippen LogP contribution in [0.5, 0.6) is 0 Å². The fraction of sp³-hybridized carbons (Fsp3) is 0.538. The van der Waals surface area contributed by atoms with E-state index in [9.17, 15) is 4.79 Å². The number of halogens is 1. The molecule has 1 aliphatic heterocycles. The Labute approximate surface area is 107 Å². The maximum atomic E-state index is 11.4. The molecule has 0 unspecified atom stereocenters. The summed E-state index contributed by atoms with van der Waals surface area (Å²) in [6.45, 7) is 2.57. The van der Waals surface area contributed by atoms with Crippen molar-refractivity contribution in [2.45, 2.75) is 38.6 Å². The highest BCUT2D eigenvalue weighted by Gasteiger charge is 2.25. The van der Waals surface area contributed by atoms with Crippen LogP contribution in [0.3, 0.4) is 0 Å². The number of likely N-dealkylation sites (tertiary alicyclic amines) is 1. The highest BCUT2D eigenvalue weighted by Crippen LogP contribution is 2.21. The average molecular weight is 253 g/mol. The van der Waals surface area contributed by atoms with Crippen molar-refractivity contribution in [2.75, 3.05) is 6.54 Å². The minimum Gasteiger partial charge on any atom is -0.340 e. The zero-order chi connectivity index (χ0) is 12.3. The van der Waals surface area contributed by atoms with Crippen molar-refractivity contribution in [1.29, 1.82) is 0 Å². The fourth-order valence-electron chi connectivity index (χ4n) is 2.44. The molecule has 1 atom stereocenters. The molecule has 0 radical (unpaired) electrons. The van der Waals surface area contributed by atoms with Gasteiger partial charge in [-0.05, 0) is 37.3 Å². The first-order valence-electron chi connectivity index (χ1n) is 6.04. The van der Waals surface area contributed by atoms with E-state index in [-0.39, 0.29) is 5.91 Å². The Kier molecular flexibility index (Phi) is 4.00. The van der Waals surface area contributed by atoms with Crippen molar-refractivity contribution < 1.29 is 4.79 Å². The van der Waals surface area contributed by atoms with Crippen molar-refractivity contribution >= 4 is 17.5 Å². The highest BCUT2D eigenvalue weighted by atomic mass is 35.5. The van der Waals surface area contributed by atoms with Crippen LogP contribution in [0, 0.1) is 0 Å². The molecule has 0 spiro atoms. The van der Waals surface area contributed by atoms with Crippen LogP contribution in [0.25, 0.3) is 0 Å². The van der Waals surface area contributed by atoms with Crippen molar-refractivity contribution in [3.05, 3.63) is 29.0 Å². The lowest BCUT2D eigenvalue weighted by Gasteiger charge is -2.23. The Bertz CT molecular complexity index is 391. The molecule has 1 aromatic rings. The Morgan fingerprint density at radius 3 is 3.06 bits per heavy atom. The number of amides is 1. The third kappa shape index (κ3) is 3.19. The molecule has 2 heterocycles. The summed E-state index contributed by atoms with van der Waals surface area (Å²) in [6.07, 6.45) is 6.04. The van der Waals surface area contributed by atoms with Gasteiger partial charge in [-0.1, -0.05) is 17.7 Å². The molecule has 1 amide bonds. The van der Waals surface area contributed by atoms with Gasteiger partial charge < -0.3 is 4.90 Å². The minimum absolute atomic E-state index is 0.196. The lowest BCUT2D eigenvalue weighted by atomic mass is 10.0. The predicted molar refractivity (Wildman–Crippen MR) is 68.0 cm³/mol. The second kappa shape index (κ2) is 5.50. The van der Waals surface area contributed by atoms with Gasteiger partial charge in [-0.3, -0.25) is 4.79 Å². The molecule has 92 valence electrons. The monoisotopic (exact) mass is 252 g/mol. The largest absolute Gasteiger partial charge is 0.340 e. The van der Waals surface area contributed by atoms with E-state index in [1.54, 1.807) is 6.92 Å². The SMILES string of the molecule is CC(=O)N1CCC[C@H]1CCc1ccc(Cl)nc1. The summed E-state index contributed by atoms with van der Waals surface area (Å²) in [6, 6.07) is 4.22. The van der Waals surface area contributed by atoms with E-state index in [4.69, 9.17) is 11.6 Å². The van der Waals surface area contributed by atoms with Crippen LogP contribution >= 0.6 is 11.6 Å². The molecular weight excluding hydrogens is 236 g/mol. The molecule has 0 bridgehead atoms. The molecule has 17 heavy (non-hydrogen) atoms. The topological polar surface area (TPSA) is 33.2 Å². The van der Waals surface area contributed by atoms with Crippen LogP contribution in [-0.2, 0) is 11.2 Å². The van der Waals surface area contributed by atoms with Gasteiger partial charge in [0, 0.05) is 25.7 Å². The van der Waals surface area contributed by atoms with Crippen molar-refractivity contribution in [2.24, 2.45) is 0 Å². The fourth-order valence-corrected chi connectivity index (χ4v) is 2.55. The van der Waals surface area contributed by atoms with Crippen LogP contribution in [0.15, 0.2) is 18.3 Å². The first-order valence-corrected chi connectivity index (χ1v) is 6.42. The van der Waals surface area contributed by atoms with E-state index in [1.807, 2.05) is 23.2 Å². The summed E-state index contributed by atoms with van der Waals surface area (Å²) in [5.74, 6) is 0.196. The summed E-state index contributed by atoms with van der Waals surface area (Å²) < 4.78 is 0. The molecule has 4 heteroatoms. The first kappa shape index (κ1) is 12.4. The average Bonchev–Trinajstić information content (AvgIpc) is 2.76. The van der Waals surface area contributed by atoms with Gasteiger partial charge in [0.25, 0.3) is 0 Å². The van der Waals surface area contributed by atoms with E-state index >= 15 is 0 Å². The molecular formula is C13H17ClN2O. The molecule has 3 nitrogen and oxygen atoms in total. The molecule has 0 aliphatic carbocycles. The Hall–Kier alpha value is -1.09. The van der Waals surface area contributed by atoms with Gasteiger partial charge in [-0.2, -0.15) is 0 Å². The van der Waals surface area contributed by atoms with Crippen LogP contribution < -0.4 is 0 Å². The summed E-state index contributed by atoms with van der Waals surface area (Å²) >= 11 is 5.74. The molecule has 2 rings (SSSR count). The van der Waals surface area contributed by atoms with E-state index in [0.29, 0.717) is 11.2 Å². The predicted octanol–water partition coefficient (Wildman–Crippen LogP) is 2.68. The normalized spacial score (nSPS) is 19.6. The first-order chi connectivity index (χ1) is 8.16. The van der Waals surface area contributed by atoms with Crippen LogP contribution in [-0.4, -0.2) is 28.4 Å². The zero-order valence-corrected chi connectivity index (χ0v) is 10.8. The number of aromatic nitrogens is 1. The molecule has 1 saturated heterocycles. The molecule has 0 aromatic carbocycles. The number of hydrogen-bond donors (Lipinski definition) is 0. The zero-order valence-electron chi connectivity index (χ0n) is 10.0. The van der Waals surface area contributed by atoms with Crippen LogP contribution in [0.4, 0.5) is 0 Å². The van der Waals surface area contributed by atoms with Crippen molar-refractivity contribution in [3.63, 3.8) is 0 Å². The van der Waals surface area contributed by atoms with E-state index in [2.05, 4.69) is 4.98 Å². The van der Waals surface area contributed by atoms with Gasteiger partial charge in [-0.25, -0.2) is 4.98 Å². The second-order valence-corrected chi connectivity index (χ2v) is 4.92. The summed E-state index contributed by atoms with van der Waals surface area (Å²) in [5.41, 5.74) is 1.19. The van der Waals surface area contributed by atoms with Crippen LogP contribution in [0.1, 0.15) is 31.7 Å². The number of hydrogen-bond acceptors (Lipinski definition) is 2. The minimum atomic E-state index is 0.196. The Morgan fingerprint density at radius 2 is 2.41 bits per heavy atom.